The fourth-order valence-corrected chi connectivity index (χ4v) is 7.07. The summed E-state index contributed by atoms with van der Waals surface area (Å²) in [4.78, 5) is 33.5. The fourth-order valence-electron chi connectivity index (χ4n) is 7.07. The molecule has 0 aromatic heterocycles. The van der Waals surface area contributed by atoms with Crippen molar-refractivity contribution in [1.82, 2.24) is 4.90 Å². The first-order valence-electron chi connectivity index (χ1n) is 15.0. The Balaban J connectivity index is 1.71. The Kier molecular flexibility index (Phi) is 8.45. The lowest BCUT2D eigenvalue weighted by Crippen LogP contribution is -2.51. The molecule has 38 heavy (non-hydrogen) atoms. The summed E-state index contributed by atoms with van der Waals surface area (Å²) in [6.45, 7) is 13.7. The van der Waals surface area contributed by atoms with Gasteiger partial charge in [-0.05, 0) is 85.3 Å². The first-order chi connectivity index (χ1) is 17.8. The largest absolute Gasteiger partial charge is 0.478 e. The molecule has 2 aliphatic carbocycles. The highest BCUT2D eigenvalue weighted by Gasteiger charge is 2.52. The number of rotatable bonds is 7. The van der Waals surface area contributed by atoms with Gasteiger partial charge in [-0.25, -0.2) is 4.79 Å². The maximum Gasteiger partial charge on any atom is 0.335 e. The van der Waals surface area contributed by atoms with Gasteiger partial charge in [0, 0.05) is 0 Å². The molecule has 0 radical (unpaired) electrons. The first-order valence-corrected chi connectivity index (χ1v) is 15.0. The normalized spacial score (nSPS) is 26.1. The van der Waals surface area contributed by atoms with Crippen molar-refractivity contribution in [2.24, 2.45) is 27.7 Å². The van der Waals surface area contributed by atoms with Crippen LogP contribution in [0.15, 0.2) is 29.3 Å². The summed E-state index contributed by atoms with van der Waals surface area (Å²) in [5, 5.41) is 9.47. The van der Waals surface area contributed by atoms with E-state index in [2.05, 4.69) is 46.4 Å². The van der Waals surface area contributed by atoms with Crippen LogP contribution < -0.4 is 0 Å². The van der Waals surface area contributed by atoms with E-state index < -0.39 is 11.6 Å². The average Bonchev–Trinajstić information content (AvgIpc) is 3.10. The van der Waals surface area contributed by atoms with Crippen molar-refractivity contribution in [1.29, 1.82) is 0 Å². The monoisotopic (exact) mass is 522 g/mol. The summed E-state index contributed by atoms with van der Waals surface area (Å²) < 4.78 is 0. The minimum atomic E-state index is -0.921. The van der Waals surface area contributed by atoms with Crippen LogP contribution in [-0.2, 0) is 4.79 Å². The van der Waals surface area contributed by atoms with Gasteiger partial charge in [-0.3, -0.25) is 9.79 Å². The molecule has 1 heterocycles. The number of amides is 1. The van der Waals surface area contributed by atoms with Crippen molar-refractivity contribution >= 4 is 17.6 Å². The second-order valence-electron chi connectivity index (χ2n) is 14.6. The van der Waals surface area contributed by atoms with E-state index in [0.29, 0.717) is 11.8 Å². The molecule has 2 saturated carbocycles. The zero-order chi connectivity index (χ0) is 27.7. The molecule has 2 fully saturated rings. The third kappa shape index (κ3) is 6.51. The topological polar surface area (TPSA) is 70.0 Å². The molecule has 1 N–H and O–H groups in total. The summed E-state index contributed by atoms with van der Waals surface area (Å²) >= 11 is 0. The van der Waals surface area contributed by atoms with Gasteiger partial charge in [0.2, 0.25) is 0 Å². The SMILES string of the molecule is CC(C)(C)CC[C@H](c1ccc(C(=O)O)cc1)N1C(=O)C(CC2CCCCC2)=NC12CCC(C(C)(C)C)CC2. The van der Waals surface area contributed by atoms with Crippen LogP contribution in [0.25, 0.3) is 0 Å². The highest BCUT2D eigenvalue weighted by molar-refractivity contribution is 6.40. The number of carbonyl (C=O) groups excluding carboxylic acids is 1. The Labute approximate surface area is 230 Å². The highest BCUT2D eigenvalue weighted by Crippen LogP contribution is 2.50. The van der Waals surface area contributed by atoms with Gasteiger partial charge in [-0.2, -0.15) is 0 Å². The zero-order valence-electron chi connectivity index (χ0n) is 24.7. The molecule has 1 aliphatic heterocycles. The number of aliphatic imine (C=N–C) groups is 1. The lowest BCUT2D eigenvalue weighted by Gasteiger charge is -2.48. The maximum absolute atomic E-state index is 14.3. The maximum atomic E-state index is 14.3. The summed E-state index contributed by atoms with van der Waals surface area (Å²) in [5.41, 5.74) is 2.02. The molecular formula is C33H50N2O3. The van der Waals surface area contributed by atoms with E-state index in [9.17, 15) is 14.7 Å². The molecule has 1 amide bonds. The van der Waals surface area contributed by atoms with Crippen molar-refractivity contribution in [3.63, 3.8) is 0 Å². The van der Waals surface area contributed by atoms with E-state index in [4.69, 9.17) is 4.99 Å². The molecule has 3 aliphatic rings. The predicted molar refractivity (Wildman–Crippen MR) is 154 cm³/mol. The van der Waals surface area contributed by atoms with Crippen molar-refractivity contribution < 1.29 is 14.7 Å². The van der Waals surface area contributed by atoms with Gasteiger partial charge in [0.25, 0.3) is 5.91 Å². The number of aromatic carboxylic acids is 1. The van der Waals surface area contributed by atoms with Gasteiger partial charge >= 0.3 is 5.97 Å². The average molecular weight is 523 g/mol. The number of carboxylic acids is 1. The van der Waals surface area contributed by atoms with E-state index in [1.807, 2.05) is 12.1 Å². The molecule has 1 aromatic carbocycles. The van der Waals surface area contributed by atoms with Crippen LogP contribution >= 0.6 is 0 Å². The van der Waals surface area contributed by atoms with Crippen LogP contribution in [0.4, 0.5) is 0 Å². The van der Waals surface area contributed by atoms with Gasteiger partial charge in [0.15, 0.2) is 0 Å². The number of carboxylic acid groups (broad SMARTS) is 1. The Hall–Kier alpha value is -2.17. The van der Waals surface area contributed by atoms with E-state index in [0.717, 1.165) is 56.2 Å². The second-order valence-corrected chi connectivity index (χ2v) is 14.6. The standard InChI is InChI=1S/C33H50N2O3/c1-31(2,3)19-18-28(24-12-14-25(15-13-24)30(37)38)35-29(36)27(22-23-10-8-7-9-11-23)34-33(35)20-16-26(17-21-33)32(4,5)6/h12-15,23,26,28H,7-11,16-22H2,1-6H3,(H,37,38)/t26?,28-,33?/m1/s1. The summed E-state index contributed by atoms with van der Waals surface area (Å²) in [5.74, 6) is 0.406. The Morgan fingerprint density at radius 2 is 1.61 bits per heavy atom. The van der Waals surface area contributed by atoms with Crippen LogP contribution in [0.1, 0.15) is 141 Å². The number of nitrogens with zero attached hydrogens (tertiary/aromatic N) is 2. The molecule has 5 heteroatoms. The van der Waals surface area contributed by atoms with Gasteiger partial charge in [-0.1, -0.05) is 85.8 Å². The highest BCUT2D eigenvalue weighted by atomic mass is 16.4. The first kappa shape index (κ1) is 28.8. The molecule has 1 atom stereocenters. The molecular weight excluding hydrogens is 472 g/mol. The molecule has 0 saturated heterocycles. The van der Waals surface area contributed by atoms with Crippen molar-refractivity contribution in [3.05, 3.63) is 35.4 Å². The number of benzene rings is 1. The lowest BCUT2D eigenvalue weighted by atomic mass is 9.69. The molecule has 210 valence electrons. The summed E-state index contributed by atoms with van der Waals surface area (Å²) in [7, 11) is 0. The minimum Gasteiger partial charge on any atom is -0.478 e. The molecule has 0 unspecified atom stereocenters. The molecule has 0 bridgehead atoms. The smallest absolute Gasteiger partial charge is 0.335 e. The van der Waals surface area contributed by atoms with Crippen LogP contribution in [0.2, 0.25) is 0 Å². The summed E-state index contributed by atoms with van der Waals surface area (Å²) in [6.07, 6.45) is 12.9. The Bertz CT molecular complexity index is 1010. The molecule has 1 aromatic rings. The zero-order valence-corrected chi connectivity index (χ0v) is 24.7. The number of carbonyl (C=O) groups is 2. The molecule has 5 nitrogen and oxygen atoms in total. The van der Waals surface area contributed by atoms with E-state index in [1.165, 1.54) is 32.1 Å². The number of hydrogen-bond acceptors (Lipinski definition) is 3. The van der Waals surface area contributed by atoms with Crippen molar-refractivity contribution in [2.45, 2.75) is 130 Å². The van der Waals surface area contributed by atoms with Crippen LogP contribution in [-0.4, -0.2) is 33.3 Å². The second kappa shape index (κ2) is 11.1. The van der Waals surface area contributed by atoms with E-state index >= 15 is 0 Å². The quantitative estimate of drug-likeness (QED) is 0.390. The minimum absolute atomic E-state index is 0.108. The Morgan fingerprint density at radius 3 is 2.13 bits per heavy atom. The van der Waals surface area contributed by atoms with Gasteiger partial charge < -0.3 is 10.0 Å². The number of hydrogen-bond donors (Lipinski definition) is 1. The predicted octanol–water partition coefficient (Wildman–Crippen LogP) is 8.44. The van der Waals surface area contributed by atoms with Gasteiger partial charge in [-0.15, -0.1) is 0 Å². The summed E-state index contributed by atoms with van der Waals surface area (Å²) in [6, 6.07) is 7.13. The van der Waals surface area contributed by atoms with Crippen LogP contribution in [0.3, 0.4) is 0 Å². The van der Waals surface area contributed by atoms with E-state index in [1.54, 1.807) is 12.1 Å². The van der Waals surface area contributed by atoms with E-state index in [-0.39, 0.29) is 28.3 Å². The van der Waals surface area contributed by atoms with Crippen molar-refractivity contribution in [3.8, 4) is 0 Å². The third-order valence-corrected chi connectivity index (χ3v) is 9.50. The lowest BCUT2D eigenvalue weighted by molar-refractivity contribution is -0.134. The van der Waals surface area contributed by atoms with Gasteiger partial charge in [0.1, 0.15) is 11.4 Å². The fraction of sp³-hybridized carbons (Fsp3) is 0.727. The van der Waals surface area contributed by atoms with Gasteiger partial charge in [0.05, 0.1) is 11.6 Å². The van der Waals surface area contributed by atoms with Crippen LogP contribution in [0.5, 0.6) is 0 Å². The molecule has 4 rings (SSSR count). The molecule has 1 spiro atoms. The van der Waals surface area contributed by atoms with Crippen molar-refractivity contribution in [2.75, 3.05) is 0 Å². The van der Waals surface area contributed by atoms with Crippen LogP contribution in [0, 0.1) is 22.7 Å². The third-order valence-electron chi connectivity index (χ3n) is 9.50. The Morgan fingerprint density at radius 1 is 1.00 bits per heavy atom.